The number of carbonyl (C=O) groups is 1. The van der Waals surface area contributed by atoms with Crippen LogP contribution in [-0.2, 0) is 0 Å². The highest BCUT2D eigenvalue weighted by molar-refractivity contribution is 6.38. The van der Waals surface area contributed by atoms with Crippen molar-refractivity contribution in [3.8, 4) is 0 Å². The van der Waals surface area contributed by atoms with Crippen molar-refractivity contribution in [2.75, 3.05) is 19.6 Å². The van der Waals surface area contributed by atoms with E-state index in [-0.39, 0.29) is 28.5 Å². The van der Waals surface area contributed by atoms with Crippen LogP contribution >= 0.6 is 11.6 Å². The van der Waals surface area contributed by atoms with Crippen LogP contribution in [0.2, 0.25) is 5.02 Å². The molecule has 3 aromatic rings. The van der Waals surface area contributed by atoms with E-state index in [1.54, 1.807) is 6.07 Å². The first-order chi connectivity index (χ1) is 13.1. The number of aromatic amines is 1. The van der Waals surface area contributed by atoms with Crippen molar-refractivity contribution >= 4 is 28.4 Å². The summed E-state index contributed by atoms with van der Waals surface area (Å²) in [4.78, 5) is 18.1. The molecule has 2 N–H and O–H groups in total. The molecule has 4 rings (SSSR count). The number of amides is 1. The van der Waals surface area contributed by atoms with Gasteiger partial charge in [-0.2, -0.15) is 0 Å². The lowest BCUT2D eigenvalue weighted by Gasteiger charge is -2.28. The minimum Gasteiger partial charge on any atom is -0.349 e. The molecule has 2 aromatic carbocycles. The van der Waals surface area contributed by atoms with Gasteiger partial charge in [0.05, 0.1) is 11.1 Å². The second-order valence-corrected chi connectivity index (χ2v) is 7.26. The summed E-state index contributed by atoms with van der Waals surface area (Å²) in [5, 5.41) is 3.77. The fourth-order valence-corrected chi connectivity index (χ4v) is 4.04. The molecule has 0 spiro atoms. The molecule has 2 heterocycles. The van der Waals surface area contributed by atoms with Crippen LogP contribution in [0.25, 0.3) is 10.9 Å². The number of aromatic nitrogens is 1. The number of nitrogens with one attached hydrogen (secondary N) is 2. The lowest BCUT2D eigenvalue weighted by molar-refractivity contribution is 0.0934. The zero-order valence-electron chi connectivity index (χ0n) is 14.8. The average Bonchev–Trinajstić information content (AvgIpc) is 3.32. The normalized spacial score (nSPS) is 15.9. The van der Waals surface area contributed by atoms with E-state index < -0.39 is 0 Å². The third kappa shape index (κ3) is 3.70. The summed E-state index contributed by atoms with van der Waals surface area (Å²) in [5.74, 6) is -0.662. The molecule has 27 heavy (non-hydrogen) atoms. The lowest BCUT2D eigenvalue weighted by atomic mass is 10.1. The molecule has 1 fully saturated rings. The minimum absolute atomic E-state index is 0.123. The first-order valence-electron chi connectivity index (χ1n) is 9.17. The maximum absolute atomic E-state index is 13.5. The second kappa shape index (κ2) is 7.71. The fraction of sp³-hybridized carbons (Fsp3) is 0.286. The van der Waals surface area contributed by atoms with Gasteiger partial charge in [0, 0.05) is 17.4 Å². The smallest absolute Gasteiger partial charge is 0.269 e. The van der Waals surface area contributed by atoms with Crippen molar-refractivity contribution in [3.05, 3.63) is 70.6 Å². The Bertz CT molecular complexity index is 951. The Balaban J connectivity index is 1.54. The highest BCUT2D eigenvalue weighted by Gasteiger charge is 2.25. The molecule has 0 unspecified atom stereocenters. The van der Waals surface area contributed by atoms with Gasteiger partial charge < -0.3 is 10.3 Å². The van der Waals surface area contributed by atoms with E-state index in [0.717, 1.165) is 13.1 Å². The van der Waals surface area contributed by atoms with Crippen LogP contribution in [0.5, 0.6) is 0 Å². The van der Waals surface area contributed by atoms with Gasteiger partial charge in [0.25, 0.3) is 5.91 Å². The standard InChI is InChI=1S/C21H21ClFN3O/c22-19-16-12-15(23)8-9-17(16)25-20(19)21(27)24-13-18(26-10-4-5-11-26)14-6-2-1-3-7-14/h1-3,6-9,12,18,25H,4-5,10-11,13H2,(H,24,27)/t18-/m0/s1. The molecule has 1 aromatic heterocycles. The highest BCUT2D eigenvalue weighted by Crippen LogP contribution is 2.29. The number of halogens is 2. The van der Waals surface area contributed by atoms with Gasteiger partial charge in [0.15, 0.2) is 0 Å². The van der Waals surface area contributed by atoms with Crippen molar-refractivity contribution in [1.29, 1.82) is 0 Å². The van der Waals surface area contributed by atoms with Gasteiger partial charge in [0.1, 0.15) is 11.5 Å². The molecule has 0 bridgehead atoms. The van der Waals surface area contributed by atoms with Crippen LogP contribution in [0.15, 0.2) is 48.5 Å². The van der Waals surface area contributed by atoms with E-state index in [0.29, 0.717) is 17.4 Å². The van der Waals surface area contributed by atoms with Crippen LogP contribution in [0.3, 0.4) is 0 Å². The number of hydrogen-bond acceptors (Lipinski definition) is 2. The zero-order chi connectivity index (χ0) is 18.8. The third-order valence-corrected chi connectivity index (χ3v) is 5.54. The first kappa shape index (κ1) is 18.0. The Kier molecular flexibility index (Phi) is 5.14. The number of benzene rings is 2. The number of likely N-dealkylation sites (tertiary alicyclic amines) is 1. The van der Waals surface area contributed by atoms with Gasteiger partial charge >= 0.3 is 0 Å². The van der Waals surface area contributed by atoms with Gasteiger partial charge in [-0.15, -0.1) is 0 Å². The van der Waals surface area contributed by atoms with Crippen LogP contribution < -0.4 is 5.32 Å². The number of nitrogens with zero attached hydrogens (tertiary/aromatic N) is 1. The van der Waals surface area contributed by atoms with Gasteiger partial charge in [-0.1, -0.05) is 41.9 Å². The molecule has 0 saturated carbocycles. The van der Waals surface area contributed by atoms with Crippen molar-refractivity contribution in [2.45, 2.75) is 18.9 Å². The van der Waals surface area contributed by atoms with Gasteiger partial charge in [-0.05, 0) is 49.7 Å². The molecular formula is C21H21ClFN3O. The predicted octanol–water partition coefficient (Wildman–Crippen LogP) is 4.53. The average molecular weight is 386 g/mol. The van der Waals surface area contributed by atoms with Gasteiger partial charge in [-0.3, -0.25) is 9.69 Å². The topological polar surface area (TPSA) is 48.1 Å². The van der Waals surface area contributed by atoms with E-state index in [2.05, 4.69) is 27.3 Å². The molecule has 1 atom stereocenters. The fourth-order valence-electron chi connectivity index (χ4n) is 3.75. The highest BCUT2D eigenvalue weighted by atomic mass is 35.5. The summed E-state index contributed by atoms with van der Waals surface area (Å²) in [6.07, 6.45) is 2.35. The summed E-state index contributed by atoms with van der Waals surface area (Å²) in [5.41, 5.74) is 2.10. The molecule has 4 nitrogen and oxygen atoms in total. The molecule has 0 aliphatic carbocycles. The Morgan fingerprint density at radius 1 is 1.19 bits per heavy atom. The number of hydrogen-bond donors (Lipinski definition) is 2. The summed E-state index contributed by atoms with van der Waals surface area (Å²) in [7, 11) is 0. The molecule has 6 heteroatoms. The third-order valence-electron chi connectivity index (χ3n) is 5.15. The summed E-state index contributed by atoms with van der Waals surface area (Å²) in [6, 6.07) is 14.6. The Morgan fingerprint density at radius 3 is 2.67 bits per heavy atom. The molecule has 1 amide bonds. The van der Waals surface area contributed by atoms with Crippen LogP contribution in [0.4, 0.5) is 4.39 Å². The minimum atomic E-state index is -0.381. The zero-order valence-corrected chi connectivity index (χ0v) is 15.6. The molecule has 1 aliphatic heterocycles. The monoisotopic (exact) mass is 385 g/mol. The van der Waals surface area contributed by atoms with E-state index in [1.807, 2.05) is 18.2 Å². The lowest BCUT2D eigenvalue weighted by Crippen LogP contribution is -2.37. The van der Waals surface area contributed by atoms with Crippen molar-refractivity contribution in [1.82, 2.24) is 15.2 Å². The summed E-state index contributed by atoms with van der Waals surface area (Å²) >= 11 is 6.31. The van der Waals surface area contributed by atoms with Crippen molar-refractivity contribution in [3.63, 3.8) is 0 Å². The Labute approximate surface area is 162 Å². The Morgan fingerprint density at radius 2 is 1.93 bits per heavy atom. The quantitative estimate of drug-likeness (QED) is 0.678. The maximum atomic E-state index is 13.5. The van der Waals surface area contributed by atoms with E-state index >= 15 is 0 Å². The van der Waals surface area contributed by atoms with Crippen LogP contribution in [0.1, 0.15) is 34.9 Å². The SMILES string of the molecule is O=C(NC[C@@H](c1ccccc1)N1CCCC1)c1[nH]c2ccc(F)cc2c1Cl. The van der Waals surface area contributed by atoms with E-state index in [9.17, 15) is 9.18 Å². The molecule has 140 valence electrons. The molecule has 0 radical (unpaired) electrons. The van der Waals surface area contributed by atoms with E-state index in [1.165, 1.54) is 30.5 Å². The largest absolute Gasteiger partial charge is 0.349 e. The Hall–Kier alpha value is -2.37. The number of rotatable bonds is 5. The van der Waals surface area contributed by atoms with Crippen LogP contribution in [-0.4, -0.2) is 35.4 Å². The van der Waals surface area contributed by atoms with Gasteiger partial charge in [0.2, 0.25) is 0 Å². The van der Waals surface area contributed by atoms with E-state index in [4.69, 9.17) is 11.6 Å². The summed E-state index contributed by atoms with van der Waals surface area (Å²) < 4.78 is 13.5. The maximum Gasteiger partial charge on any atom is 0.269 e. The number of H-pyrrole nitrogens is 1. The summed E-state index contributed by atoms with van der Waals surface area (Å²) in [6.45, 7) is 2.55. The number of fused-ring (bicyclic) bond motifs is 1. The van der Waals surface area contributed by atoms with Crippen molar-refractivity contribution in [2.24, 2.45) is 0 Å². The van der Waals surface area contributed by atoms with Crippen molar-refractivity contribution < 1.29 is 9.18 Å². The molecule has 1 saturated heterocycles. The van der Waals surface area contributed by atoms with Gasteiger partial charge in [-0.25, -0.2) is 4.39 Å². The first-order valence-corrected chi connectivity index (χ1v) is 9.55. The second-order valence-electron chi connectivity index (χ2n) is 6.88. The number of carbonyl (C=O) groups excluding carboxylic acids is 1. The molecular weight excluding hydrogens is 365 g/mol. The predicted molar refractivity (Wildman–Crippen MR) is 106 cm³/mol. The molecule has 1 aliphatic rings. The van der Waals surface area contributed by atoms with Crippen LogP contribution in [0, 0.1) is 5.82 Å².